The molecule has 1 saturated carbocycles. The van der Waals surface area contributed by atoms with Gasteiger partial charge in [0.15, 0.2) is 0 Å². The SMILES string of the molecule is O=C(Nc1ccccc1[N+](=O)[O-])OC1CCCCC1. The van der Waals surface area contributed by atoms with Crippen molar-refractivity contribution in [1.29, 1.82) is 0 Å². The van der Waals surface area contributed by atoms with Crippen molar-refractivity contribution in [2.75, 3.05) is 5.32 Å². The largest absolute Gasteiger partial charge is 0.446 e. The minimum Gasteiger partial charge on any atom is -0.446 e. The van der Waals surface area contributed by atoms with Crippen LogP contribution < -0.4 is 5.32 Å². The van der Waals surface area contributed by atoms with Crippen LogP contribution in [0.15, 0.2) is 24.3 Å². The number of carbonyl (C=O) groups excluding carboxylic acids is 1. The van der Waals surface area contributed by atoms with E-state index in [-0.39, 0.29) is 17.5 Å². The number of amides is 1. The zero-order valence-electron chi connectivity index (χ0n) is 10.5. The molecular formula is C13H16N2O4. The van der Waals surface area contributed by atoms with Crippen LogP contribution >= 0.6 is 0 Å². The average Bonchev–Trinajstić information content (AvgIpc) is 2.40. The number of ether oxygens (including phenoxy) is 1. The number of nitrogens with one attached hydrogen (secondary N) is 1. The van der Waals surface area contributed by atoms with E-state index in [2.05, 4.69) is 5.32 Å². The van der Waals surface area contributed by atoms with Crippen LogP contribution in [0, 0.1) is 10.1 Å². The van der Waals surface area contributed by atoms with E-state index in [4.69, 9.17) is 4.74 Å². The number of nitrogens with zero attached hydrogens (tertiary/aromatic N) is 1. The molecular weight excluding hydrogens is 248 g/mol. The molecule has 1 aliphatic rings. The van der Waals surface area contributed by atoms with Crippen molar-refractivity contribution < 1.29 is 14.5 Å². The molecule has 0 saturated heterocycles. The van der Waals surface area contributed by atoms with Gasteiger partial charge in [-0.25, -0.2) is 4.79 Å². The van der Waals surface area contributed by atoms with Gasteiger partial charge < -0.3 is 4.74 Å². The van der Waals surface area contributed by atoms with Crippen molar-refractivity contribution in [1.82, 2.24) is 0 Å². The van der Waals surface area contributed by atoms with Gasteiger partial charge in [0, 0.05) is 6.07 Å². The predicted molar refractivity (Wildman–Crippen MR) is 70.1 cm³/mol. The number of carbonyl (C=O) groups is 1. The number of anilines is 1. The predicted octanol–water partition coefficient (Wildman–Crippen LogP) is 3.48. The van der Waals surface area contributed by atoms with Gasteiger partial charge in [0.05, 0.1) is 4.92 Å². The molecule has 102 valence electrons. The molecule has 19 heavy (non-hydrogen) atoms. The Morgan fingerprint density at radius 1 is 1.26 bits per heavy atom. The van der Waals surface area contributed by atoms with Crippen LogP contribution in [-0.2, 0) is 4.74 Å². The zero-order chi connectivity index (χ0) is 13.7. The van der Waals surface area contributed by atoms with E-state index in [1.165, 1.54) is 18.6 Å². The topological polar surface area (TPSA) is 81.5 Å². The molecule has 6 nitrogen and oxygen atoms in total. The summed E-state index contributed by atoms with van der Waals surface area (Å²) in [6.07, 6.45) is 4.32. The first-order chi connectivity index (χ1) is 9.16. The summed E-state index contributed by atoms with van der Waals surface area (Å²) < 4.78 is 5.26. The molecule has 6 heteroatoms. The summed E-state index contributed by atoms with van der Waals surface area (Å²) in [6, 6.07) is 6.01. The molecule has 0 bridgehead atoms. The van der Waals surface area contributed by atoms with Gasteiger partial charge in [-0.1, -0.05) is 18.6 Å². The Hall–Kier alpha value is -2.11. The maximum atomic E-state index is 11.7. The number of nitro groups is 1. The lowest BCUT2D eigenvalue weighted by molar-refractivity contribution is -0.383. The van der Waals surface area contributed by atoms with E-state index < -0.39 is 11.0 Å². The molecule has 0 atom stereocenters. The molecule has 1 amide bonds. The number of rotatable bonds is 3. The fourth-order valence-electron chi connectivity index (χ4n) is 2.21. The van der Waals surface area contributed by atoms with Crippen molar-refractivity contribution in [2.24, 2.45) is 0 Å². The van der Waals surface area contributed by atoms with Crippen molar-refractivity contribution in [3.63, 3.8) is 0 Å². The number of para-hydroxylation sites is 2. The van der Waals surface area contributed by atoms with Crippen LogP contribution in [0.3, 0.4) is 0 Å². The van der Waals surface area contributed by atoms with Crippen LogP contribution in [0.5, 0.6) is 0 Å². The second-order valence-corrected chi connectivity index (χ2v) is 4.56. The first-order valence-electron chi connectivity index (χ1n) is 6.38. The van der Waals surface area contributed by atoms with Crippen molar-refractivity contribution in [2.45, 2.75) is 38.2 Å². The van der Waals surface area contributed by atoms with Crippen molar-refractivity contribution in [3.8, 4) is 0 Å². The van der Waals surface area contributed by atoms with Crippen LogP contribution in [0.4, 0.5) is 16.2 Å². The maximum absolute atomic E-state index is 11.7. The monoisotopic (exact) mass is 264 g/mol. The smallest absolute Gasteiger partial charge is 0.412 e. The fourth-order valence-corrected chi connectivity index (χ4v) is 2.21. The van der Waals surface area contributed by atoms with Crippen LogP contribution in [-0.4, -0.2) is 17.1 Å². The summed E-state index contributed by atoms with van der Waals surface area (Å²) in [5.41, 5.74) is 0.0244. The number of hydrogen-bond acceptors (Lipinski definition) is 4. The Balaban J connectivity index is 1.96. The average molecular weight is 264 g/mol. The van der Waals surface area contributed by atoms with Gasteiger partial charge in [0.1, 0.15) is 11.8 Å². The van der Waals surface area contributed by atoms with E-state index in [0.717, 1.165) is 25.7 Å². The summed E-state index contributed by atoms with van der Waals surface area (Å²) in [5.74, 6) is 0. The molecule has 0 aliphatic heterocycles. The van der Waals surface area contributed by atoms with Gasteiger partial charge in [-0.2, -0.15) is 0 Å². The minimum absolute atomic E-state index is 0.0727. The fraction of sp³-hybridized carbons (Fsp3) is 0.462. The highest BCUT2D eigenvalue weighted by Gasteiger charge is 2.20. The lowest BCUT2D eigenvalue weighted by atomic mass is 9.98. The van der Waals surface area contributed by atoms with Crippen LogP contribution in [0.2, 0.25) is 0 Å². The summed E-state index contributed by atoms with van der Waals surface area (Å²) in [7, 11) is 0. The number of hydrogen-bond donors (Lipinski definition) is 1. The second-order valence-electron chi connectivity index (χ2n) is 4.56. The van der Waals surface area contributed by atoms with Crippen LogP contribution in [0.1, 0.15) is 32.1 Å². The summed E-state index contributed by atoms with van der Waals surface area (Å²) in [6.45, 7) is 0. The zero-order valence-corrected chi connectivity index (χ0v) is 10.5. The summed E-state index contributed by atoms with van der Waals surface area (Å²) in [4.78, 5) is 22.0. The van der Waals surface area contributed by atoms with Gasteiger partial charge in [-0.15, -0.1) is 0 Å². The van der Waals surface area contributed by atoms with E-state index in [0.29, 0.717) is 0 Å². The summed E-state index contributed by atoms with van der Waals surface area (Å²) in [5, 5.41) is 13.2. The molecule has 1 fully saturated rings. The molecule has 1 N–H and O–H groups in total. The Labute approximate surface area is 110 Å². The molecule has 0 unspecified atom stereocenters. The van der Waals surface area contributed by atoms with E-state index in [9.17, 15) is 14.9 Å². The highest BCUT2D eigenvalue weighted by molar-refractivity contribution is 5.87. The van der Waals surface area contributed by atoms with E-state index in [1.807, 2.05) is 0 Å². The third-order valence-corrected chi connectivity index (χ3v) is 3.16. The molecule has 1 aromatic carbocycles. The number of nitro benzene ring substituents is 1. The minimum atomic E-state index is -0.624. The van der Waals surface area contributed by atoms with Gasteiger partial charge in [0.25, 0.3) is 5.69 Å². The quantitative estimate of drug-likeness (QED) is 0.669. The molecule has 0 radical (unpaired) electrons. The number of benzene rings is 1. The summed E-state index contributed by atoms with van der Waals surface area (Å²) >= 11 is 0. The van der Waals surface area contributed by atoms with Crippen molar-refractivity contribution in [3.05, 3.63) is 34.4 Å². The maximum Gasteiger partial charge on any atom is 0.412 e. The molecule has 0 aromatic heterocycles. The van der Waals surface area contributed by atoms with Crippen LogP contribution in [0.25, 0.3) is 0 Å². The Morgan fingerprint density at radius 3 is 2.63 bits per heavy atom. The van der Waals surface area contributed by atoms with Gasteiger partial charge in [-0.3, -0.25) is 15.4 Å². The van der Waals surface area contributed by atoms with E-state index in [1.54, 1.807) is 12.1 Å². The highest BCUT2D eigenvalue weighted by Crippen LogP contribution is 2.24. The van der Waals surface area contributed by atoms with Gasteiger partial charge in [0.2, 0.25) is 0 Å². The molecule has 1 aliphatic carbocycles. The van der Waals surface area contributed by atoms with Gasteiger partial charge >= 0.3 is 6.09 Å². The molecule has 0 heterocycles. The Morgan fingerprint density at radius 2 is 1.95 bits per heavy atom. The second kappa shape index (κ2) is 6.17. The first-order valence-corrected chi connectivity index (χ1v) is 6.38. The highest BCUT2D eigenvalue weighted by atomic mass is 16.6. The first kappa shape index (κ1) is 13.3. The lowest BCUT2D eigenvalue weighted by Gasteiger charge is -2.21. The molecule has 0 spiro atoms. The third kappa shape index (κ3) is 3.67. The van der Waals surface area contributed by atoms with Crippen molar-refractivity contribution >= 4 is 17.5 Å². The molecule has 2 rings (SSSR count). The standard InChI is InChI=1S/C13H16N2O4/c16-13(19-10-6-2-1-3-7-10)14-11-8-4-5-9-12(11)15(17)18/h4-5,8-10H,1-3,6-7H2,(H,14,16). The van der Waals surface area contributed by atoms with E-state index >= 15 is 0 Å². The Bertz CT molecular complexity index is 469. The normalized spacial score (nSPS) is 15.8. The Kier molecular flexibility index (Phi) is 4.33. The molecule has 1 aromatic rings. The lowest BCUT2D eigenvalue weighted by Crippen LogP contribution is -2.24. The third-order valence-electron chi connectivity index (χ3n) is 3.16. The van der Waals surface area contributed by atoms with Gasteiger partial charge in [-0.05, 0) is 31.7 Å².